The molecule has 4 nitrogen and oxygen atoms in total. The Balaban J connectivity index is 2.66. The minimum Gasteiger partial charge on any atom is -0.478 e. The first-order valence-electron chi connectivity index (χ1n) is 6.08. The van der Waals surface area contributed by atoms with E-state index in [9.17, 15) is 0 Å². The van der Waals surface area contributed by atoms with Crippen molar-refractivity contribution in [3.05, 3.63) is 12.3 Å². The molecule has 0 atom stereocenters. The molecule has 0 unspecified atom stereocenters. The van der Waals surface area contributed by atoms with Crippen LogP contribution in [0.4, 0.5) is 5.95 Å². The first-order valence-corrected chi connectivity index (χ1v) is 6.62. The quantitative estimate of drug-likeness (QED) is 0.671. The van der Waals surface area contributed by atoms with Crippen molar-refractivity contribution in [2.45, 2.75) is 26.7 Å². The highest BCUT2D eigenvalue weighted by Crippen LogP contribution is 2.13. The van der Waals surface area contributed by atoms with Crippen LogP contribution in [0.3, 0.4) is 0 Å². The van der Waals surface area contributed by atoms with Crippen LogP contribution in [0, 0.1) is 0 Å². The molecule has 0 fully saturated rings. The predicted octanol–water partition coefficient (Wildman–Crippen LogP) is 2.72. The van der Waals surface area contributed by atoms with Gasteiger partial charge in [-0.15, -0.1) is 11.6 Å². The van der Waals surface area contributed by atoms with Crippen LogP contribution < -0.4 is 9.64 Å². The van der Waals surface area contributed by atoms with E-state index in [0.717, 1.165) is 25.9 Å². The molecule has 0 N–H and O–H groups in total. The van der Waals surface area contributed by atoms with Crippen molar-refractivity contribution < 1.29 is 4.74 Å². The van der Waals surface area contributed by atoms with Gasteiger partial charge in [-0.05, 0) is 19.8 Å². The molecule has 0 aliphatic carbocycles. The van der Waals surface area contributed by atoms with Crippen LogP contribution in [0.25, 0.3) is 0 Å². The van der Waals surface area contributed by atoms with Gasteiger partial charge in [0.15, 0.2) is 0 Å². The summed E-state index contributed by atoms with van der Waals surface area (Å²) in [6, 6.07) is 1.79. The Morgan fingerprint density at radius 1 is 1.41 bits per heavy atom. The van der Waals surface area contributed by atoms with Crippen LogP contribution in [0.1, 0.15) is 26.7 Å². The van der Waals surface area contributed by atoms with E-state index in [1.165, 1.54) is 0 Å². The van der Waals surface area contributed by atoms with Crippen LogP contribution in [0.2, 0.25) is 0 Å². The predicted molar refractivity (Wildman–Crippen MR) is 71.0 cm³/mol. The third kappa shape index (κ3) is 4.77. The van der Waals surface area contributed by atoms with Gasteiger partial charge in [0.05, 0.1) is 6.61 Å². The number of rotatable bonds is 8. The highest BCUT2D eigenvalue weighted by Gasteiger charge is 2.08. The standard InChI is InChI=1S/C12H20ClN3O/c1-3-10-17-11-6-8-14-12(15-11)16(4-2)9-5-7-13/h6,8H,3-5,7,9-10H2,1-2H3. The summed E-state index contributed by atoms with van der Waals surface area (Å²) in [6.45, 7) is 6.58. The van der Waals surface area contributed by atoms with Gasteiger partial charge in [0, 0.05) is 31.2 Å². The molecule has 1 aromatic rings. The summed E-state index contributed by atoms with van der Waals surface area (Å²) in [5.74, 6) is 2.01. The van der Waals surface area contributed by atoms with E-state index >= 15 is 0 Å². The topological polar surface area (TPSA) is 38.2 Å². The zero-order valence-electron chi connectivity index (χ0n) is 10.5. The molecule has 0 aromatic carbocycles. The molecule has 5 heteroatoms. The van der Waals surface area contributed by atoms with Crippen LogP contribution in [0.5, 0.6) is 5.88 Å². The largest absolute Gasteiger partial charge is 0.478 e. The Bertz CT molecular complexity index is 322. The SMILES string of the molecule is CCCOc1ccnc(N(CC)CCCCl)n1. The Hall–Kier alpha value is -1.03. The second-order valence-corrected chi connectivity index (χ2v) is 4.04. The van der Waals surface area contributed by atoms with Crippen molar-refractivity contribution in [1.82, 2.24) is 9.97 Å². The summed E-state index contributed by atoms with van der Waals surface area (Å²) >= 11 is 5.70. The second kappa shape index (κ2) is 8.12. The fraction of sp³-hybridized carbons (Fsp3) is 0.667. The summed E-state index contributed by atoms with van der Waals surface area (Å²) in [5, 5.41) is 0. The molecule has 17 heavy (non-hydrogen) atoms. The summed E-state index contributed by atoms with van der Waals surface area (Å²) in [5.41, 5.74) is 0. The van der Waals surface area contributed by atoms with E-state index in [0.29, 0.717) is 24.3 Å². The van der Waals surface area contributed by atoms with E-state index < -0.39 is 0 Å². The van der Waals surface area contributed by atoms with Crippen molar-refractivity contribution in [1.29, 1.82) is 0 Å². The first kappa shape index (κ1) is 14.0. The molecule has 0 saturated heterocycles. The van der Waals surface area contributed by atoms with E-state index in [1.54, 1.807) is 12.3 Å². The van der Waals surface area contributed by atoms with Crippen molar-refractivity contribution in [3.8, 4) is 5.88 Å². The number of aromatic nitrogens is 2. The maximum absolute atomic E-state index is 5.70. The molecule has 1 rings (SSSR count). The zero-order valence-corrected chi connectivity index (χ0v) is 11.3. The third-order valence-electron chi connectivity index (χ3n) is 2.30. The average Bonchev–Trinajstić information content (AvgIpc) is 2.38. The van der Waals surface area contributed by atoms with Gasteiger partial charge in [0.2, 0.25) is 11.8 Å². The van der Waals surface area contributed by atoms with Crippen LogP contribution >= 0.6 is 11.6 Å². The van der Waals surface area contributed by atoms with Gasteiger partial charge in [-0.3, -0.25) is 0 Å². The van der Waals surface area contributed by atoms with Gasteiger partial charge in [-0.1, -0.05) is 6.92 Å². The molecule has 96 valence electrons. The van der Waals surface area contributed by atoms with Gasteiger partial charge >= 0.3 is 0 Å². The lowest BCUT2D eigenvalue weighted by Gasteiger charge is -2.20. The van der Waals surface area contributed by atoms with Crippen molar-refractivity contribution >= 4 is 17.5 Å². The molecule has 0 spiro atoms. The normalized spacial score (nSPS) is 10.3. The molecule has 1 aromatic heterocycles. The number of anilines is 1. The molecular weight excluding hydrogens is 238 g/mol. The third-order valence-corrected chi connectivity index (χ3v) is 2.56. The molecule has 0 bridgehead atoms. The monoisotopic (exact) mass is 257 g/mol. The number of halogens is 1. The number of nitrogens with zero attached hydrogens (tertiary/aromatic N) is 3. The lowest BCUT2D eigenvalue weighted by Crippen LogP contribution is -2.26. The lowest BCUT2D eigenvalue weighted by molar-refractivity contribution is 0.305. The second-order valence-electron chi connectivity index (χ2n) is 3.67. The van der Waals surface area contributed by atoms with Gasteiger partial charge in [-0.25, -0.2) is 4.98 Å². The molecule has 1 heterocycles. The zero-order chi connectivity index (χ0) is 12.5. The molecule has 0 amide bonds. The molecule has 0 aliphatic heterocycles. The summed E-state index contributed by atoms with van der Waals surface area (Å²) in [7, 11) is 0. The Morgan fingerprint density at radius 2 is 2.24 bits per heavy atom. The fourth-order valence-corrected chi connectivity index (χ4v) is 1.54. The smallest absolute Gasteiger partial charge is 0.228 e. The van der Waals surface area contributed by atoms with Crippen LogP contribution in [-0.4, -0.2) is 35.5 Å². The highest BCUT2D eigenvalue weighted by atomic mass is 35.5. The van der Waals surface area contributed by atoms with Gasteiger partial charge in [0.1, 0.15) is 0 Å². The van der Waals surface area contributed by atoms with Crippen molar-refractivity contribution in [3.63, 3.8) is 0 Å². The van der Waals surface area contributed by atoms with Gasteiger partial charge < -0.3 is 9.64 Å². The Labute approximate surface area is 108 Å². The van der Waals surface area contributed by atoms with Crippen LogP contribution in [-0.2, 0) is 0 Å². The lowest BCUT2D eigenvalue weighted by atomic mass is 10.4. The minimum atomic E-state index is 0.640. The fourth-order valence-electron chi connectivity index (χ4n) is 1.42. The van der Waals surface area contributed by atoms with Crippen molar-refractivity contribution in [2.75, 3.05) is 30.5 Å². The summed E-state index contributed by atoms with van der Waals surface area (Å²) in [6.07, 6.45) is 3.64. The average molecular weight is 258 g/mol. The number of alkyl halides is 1. The Kier molecular flexibility index (Phi) is 6.70. The van der Waals surface area contributed by atoms with Crippen molar-refractivity contribution in [2.24, 2.45) is 0 Å². The summed E-state index contributed by atoms with van der Waals surface area (Å²) in [4.78, 5) is 10.7. The van der Waals surface area contributed by atoms with E-state index in [4.69, 9.17) is 16.3 Å². The summed E-state index contributed by atoms with van der Waals surface area (Å²) < 4.78 is 5.49. The Morgan fingerprint density at radius 3 is 2.88 bits per heavy atom. The molecule has 0 radical (unpaired) electrons. The maximum Gasteiger partial charge on any atom is 0.228 e. The van der Waals surface area contributed by atoms with Gasteiger partial charge in [-0.2, -0.15) is 4.98 Å². The molecule has 0 saturated carbocycles. The van der Waals surface area contributed by atoms with E-state index in [-0.39, 0.29) is 0 Å². The minimum absolute atomic E-state index is 0.640. The van der Waals surface area contributed by atoms with Gasteiger partial charge in [0.25, 0.3) is 0 Å². The van der Waals surface area contributed by atoms with Crippen LogP contribution in [0.15, 0.2) is 12.3 Å². The number of ether oxygens (including phenoxy) is 1. The van der Waals surface area contributed by atoms with E-state index in [2.05, 4.69) is 28.7 Å². The number of hydrogen-bond acceptors (Lipinski definition) is 4. The first-order chi connectivity index (χ1) is 8.31. The van der Waals surface area contributed by atoms with E-state index in [1.807, 2.05) is 0 Å². The molecular formula is C12H20ClN3O. The number of hydrogen-bond donors (Lipinski definition) is 0. The highest BCUT2D eigenvalue weighted by molar-refractivity contribution is 6.17. The maximum atomic E-state index is 5.70. The molecule has 0 aliphatic rings.